The lowest BCUT2D eigenvalue weighted by molar-refractivity contribution is -0.124. The van der Waals surface area contributed by atoms with Crippen molar-refractivity contribution in [1.29, 1.82) is 0 Å². The van der Waals surface area contributed by atoms with Crippen molar-refractivity contribution in [1.82, 2.24) is 10.6 Å². The van der Waals surface area contributed by atoms with Gasteiger partial charge in [0.15, 0.2) is 0 Å². The van der Waals surface area contributed by atoms with Gasteiger partial charge in [0, 0.05) is 6.04 Å². The van der Waals surface area contributed by atoms with Crippen LogP contribution in [0.25, 0.3) is 0 Å². The summed E-state index contributed by atoms with van der Waals surface area (Å²) in [5, 5.41) is 5.63. The van der Waals surface area contributed by atoms with Crippen molar-refractivity contribution >= 4 is 11.9 Å². The van der Waals surface area contributed by atoms with E-state index >= 15 is 0 Å². The molecule has 0 bridgehead atoms. The first kappa shape index (κ1) is 15.8. The van der Waals surface area contributed by atoms with Crippen molar-refractivity contribution in [2.75, 3.05) is 0 Å². The van der Waals surface area contributed by atoms with Crippen LogP contribution in [0.5, 0.6) is 0 Å². The molecule has 0 aromatic rings. The Labute approximate surface area is 115 Å². The van der Waals surface area contributed by atoms with Crippen LogP contribution in [0.3, 0.4) is 0 Å². The average molecular weight is 269 g/mol. The number of nitrogens with two attached hydrogens (primary N) is 1. The van der Waals surface area contributed by atoms with Crippen LogP contribution in [0, 0.1) is 5.92 Å². The molecule has 0 unspecified atom stereocenters. The zero-order valence-electron chi connectivity index (χ0n) is 12.1. The lowest BCUT2D eigenvalue weighted by atomic mass is 9.97. The molecule has 0 radical (unpaired) electrons. The van der Waals surface area contributed by atoms with Crippen LogP contribution in [-0.2, 0) is 4.79 Å². The SMILES string of the molecule is CC[C@H](C)[C@H](NC(N)=O)C(=O)NC1CCCCCC1. The number of primary amides is 1. The molecule has 5 nitrogen and oxygen atoms in total. The predicted octanol–water partition coefficient (Wildman–Crippen LogP) is 1.91. The number of hydrogen-bond donors (Lipinski definition) is 3. The molecular formula is C14H27N3O2. The molecule has 0 aliphatic heterocycles. The van der Waals surface area contributed by atoms with Gasteiger partial charge in [-0.2, -0.15) is 0 Å². The van der Waals surface area contributed by atoms with Gasteiger partial charge in [-0.1, -0.05) is 46.0 Å². The van der Waals surface area contributed by atoms with E-state index < -0.39 is 12.1 Å². The summed E-state index contributed by atoms with van der Waals surface area (Å²) in [5.74, 6) is -0.0154. The van der Waals surface area contributed by atoms with Gasteiger partial charge in [0.05, 0.1) is 0 Å². The van der Waals surface area contributed by atoms with E-state index in [0.29, 0.717) is 0 Å². The van der Waals surface area contributed by atoms with Gasteiger partial charge < -0.3 is 16.4 Å². The predicted molar refractivity (Wildman–Crippen MR) is 75.6 cm³/mol. The Bertz CT molecular complexity index is 299. The summed E-state index contributed by atoms with van der Waals surface area (Å²) in [6.45, 7) is 3.95. The molecule has 0 heterocycles. The van der Waals surface area contributed by atoms with Gasteiger partial charge in [0.1, 0.15) is 6.04 Å². The molecule has 0 aromatic heterocycles. The van der Waals surface area contributed by atoms with Gasteiger partial charge in [-0.05, 0) is 18.8 Å². The first-order valence-corrected chi connectivity index (χ1v) is 7.41. The maximum atomic E-state index is 12.3. The summed E-state index contributed by atoms with van der Waals surface area (Å²) in [7, 11) is 0. The summed E-state index contributed by atoms with van der Waals surface area (Å²) >= 11 is 0. The molecule has 1 rings (SSSR count). The summed E-state index contributed by atoms with van der Waals surface area (Å²) in [5.41, 5.74) is 5.15. The lowest BCUT2D eigenvalue weighted by Gasteiger charge is -2.25. The van der Waals surface area contributed by atoms with E-state index in [1.54, 1.807) is 0 Å². The monoisotopic (exact) mass is 269 g/mol. The molecule has 1 fully saturated rings. The molecule has 110 valence electrons. The van der Waals surface area contributed by atoms with E-state index in [-0.39, 0.29) is 17.9 Å². The van der Waals surface area contributed by atoms with E-state index in [1.165, 1.54) is 25.7 Å². The van der Waals surface area contributed by atoms with Crippen LogP contribution < -0.4 is 16.4 Å². The Kier molecular flexibility index (Phi) is 6.67. The molecule has 0 spiro atoms. The average Bonchev–Trinajstić information content (AvgIpc) is 2.63. The molecular weight excluding hydrogens is 242 g/mol. The molecule has 5 heteroatoms. The number of amides is 3. The van der Waals surface area contributed by atoms with Gasteiger partial charge in [-0.25, -0.2) is 4.79 Å². The summed E-state index contributed by atoms with van der Waals surface area (Å²) in [6, 6.07) is -0.914. The third kappa shape index (κ3) is 5.49. The highest BCUT2D eigenvalue weighted by Gasteiger charge is 2.27. The molecule has 3 amide bonds. The van der Waals surface area contributed by atoms with E-state index in [1.807, 2.05) is 13.8 Å². The molecule has 0 saturated heterocycles. The lowest BCUT2D eigenvalue weighted by Crippen LogP contribution is -2.53. The fourth-order valence-corrected chi connectivity index (χ4v) is 2.57. The van der Waals surface area contributed by atoms with Crippen LogP contribution in [-0.4, -0.2) is 24.0 Å². The summed E-state index contributed by atoms with van der Waals surface area (Å²) in [4.78, 5) is 23.3. The van der Waals surface area contributed by atoms with Gasteiger partial charge in [0.25, 0.3) is 0 Å². The van der Waals surface area contributed by atoms with Crippen LogP contribution in [0.1, 0.15) is 58.8 Å². The highest BCUT2D eigenvalue weighted by molar-refractivity contribution is 5.86. The van der Waals surface area contributed by atoms with Crippen molar-refractivity contribution in [3.63, 3.8) is 0 Å². The number of urea groups is 1. The number of carbonyl (C=O) groups excluding carboxylic acids is 2. The minimum atomic E-state index is -0.638. The largest absolute Gasteiger partial charge is 0.352 e. The van der Waals surface area contributed by atoms with E-state index in [0.717, 1.165) is 19.3 Å². The number of nitrogens with one attached hydrogen (secondary N) is 2. The molecule has 1 aliphatic rings. The molecule has 4 N–H and O–H groups in total. The Hall–Kier alpha value is -1.26. The van der Waals surface area contributed by atoms with Gasteiger partial charge in [-0.15, -0.1) is 0 Å². The second kappa shape index (κ2) is 8.02. The number of rotatable bonds is 5. The second-order valence-electron chi connectivity index (χ2n) is 5.57. The van der Waals surface area contributed by atoms with Crippen LogP contribution >= 0.6 is 0 Å². The van der Waals surface area contributed by atoms with E-state index in [9.17, 15) is 9.59 Å². The van der Waals surface area contributed by atoms with E-state index in [4.69, 9.17) is 5.73 Å². The molecule has 19 heavy (non-hydrogen) atoms. The van der Waals surface area contributed by atoms with E-state index in [2.05, 4.69) is 10.6 Å². The van der Waals surface area contributed by atoms with Crippen molar-refractivity contribution in [3.05, 3.63) is 0 Å². The Morgan fingerprint density at radius 2 is 1.79 bits per heavy atom. The highest BCUT2D eigenvalue weighted by atomic mass is 16.2. The Morgan fingerprint density at radius 3 is 2.26 bits per heavy atom. The first-order chi connectivity index (χ1) is 9.04. The van der Waals surface area contributed by atoms with Gasteiger partial charge >= 0.3 is 6.03 Å². The number of hydrogen-bond acceptors (Lipinski definition) is 2. The molecule has 2 atom stereocenters. The maximum absolute atomic E-state index is 12.3. The first-order valence-electron chi connectivity index (χ1n) is 7.41. The van der Waals surface area contributed by atoms with Crippen LogP contribution in [0.2, 0.25) is 0 Å². The Balaban J connectivity index is 2.56. The zero-order valence-corrected chi connectivity index (χ0v) is 12.1. The van der Waals surface area contributed by atoms with Crippen LogP contribution in [0.15, 0.2) is 0 Å². The quantitative estimate of drug-likeness (QED) is 0.666. The minimum absolute atomic E-state index is 0.0817. The molecule has 1 saturated carbocycles. The van der Waals surface area contributed by atoms with Crippen molar-refractivity contribution in [3.8, 4) is 0 Å². The summed E-state index contributed by atoms with van der Waals surface area (Å²) in [6.07, 6.45) is 7.74. The maximum Gasteiger partial charge on any atom is 0.312 e. The van der Waals surface area contributed by atoms with Crippen molar-refractivity contribution in [2.24, 2.45) is 11.7 Å². The third-order valence-electron chi connectivity index (χ3n) is 3.99. The van der Waals surface area contributed by atoms with Gasteiger partial charge in [0.2, 0.25) is 5.91 Å². The zero-order chi connectivity index (χ0) is 14.3. The Morgan fingerprint density at radius 1 is 1.21 bits per heavy atom. The number of carbonyl (C=O) groups is 2. The third-order valence-corrected chi connectivity index (χ3v) is 3.99. The summed E-state index contributed by atoms with van der Waals surface area (Å²) < 4.78 is 0. The van der Waals surface area contributed by atoms with Crippen LogP contribution in [0.4, 0.5) is 4.79 Å². The standard InChI is InChI=1S/C14H27N3O2/c1-3-10(2)12(17-14(15)19)13(18)16-11-8-6-4-5-7-9-11/h10-12H,3-9H2,1-2H3,(H,16,18)(H3,15,17,19)/t10-,12-/m0/s1. The highest BCUT2D eigenvalue weighted by Crippen LogP contribution is 2.18. The molecule has 1 aliphatic carbocycles. The normalized spacial score (nSPS) is 20.1. The fraction of sp³-hybridized carbons (Fsp3) is 0.857. The minimum Gasteiger partial charge on any atom is -0.352 e. The topological polar surface area (TPSA) is 84.2 Å². The van der Waals surface area contributed by atoms with Crippen molar-refractivity contribution in [2.45, 2.75) is 70.9 Å². The smallest absolute Gasteiger partial charge is 0.312 e. The molecule has 0 aromatic carbocycles. The second-order valence-corrected chi connectivity index (χ2v) is 5.57. The fourth-order valence-electron chi connectivity index (χ4n) is 2.57. The van der Waals surface area contributed by atoms with Gasteiger partial charge in [-0.3, -0.25) is 4.79 Å². The van der Waals surface area contributed by atoms with Crippen molar-refractivity contribution < 1.29 is 9.59 Å².